The maximum Gasteiger partial charge on any atom is 0.195 e. The average Bonchev–Trinajstić information content (AvgIpc) is 2.66. The third-order valence-corrected chi connectivity index (χ3v) is 3.52. The first-order valence-corrected chi connectivity index (χ1v) is 6.76. The first-order valence-electron chi connectivity index (χ1n) is 5.72. The molecule has 0 N–H and O–H groups in total. The van der Waals surface area contributed by atoms with Crippen LogP contribution in [0, 0.1) is 0 Å². The molecule has 0 aliphatic rings. The summed E-state index contributed by atoms with van der Waals surface area (Å²) in [5.74, 6) is 2.04. The van der Waals surface area contributed by atoms with Crippen LogP contribution in [-0.4, -0.2) is 16.0 Å². The van der Waals surface area contributed by atoms with E-state index in [2.05, 4.69) is 18.8 Å². The van der Waals surface area contributed by atoms with Gasteiger partial charge in [0.05, 0.1) is 0 Å². The molecule has 2 aromatic rings. The minimum absolute atomic E-state index is 0.712. The molecular weight excluding hydrogens is 218 g/mol. The van der Waals surface area contributed by atoms with E-state index in [-0.39, 0.29) is 0 Å². The zero-order chi connectivity index (χ0) is 11.4. The van der Waals surface area contributed by atoms with Crippen molar-refractivity contribution in [3.05, 3.63) is 30.2 Å². The highest BCUT2D eigenvalue weighted by Crippen LogP contribution is 2.17. The molecule has 0 fully saturated rings. The van der Waals surface area contributed by atoms with Gasteiger partial charge in [0.2, 0.25) is 0 Å². The van der Waals surface area contributed by atoms with Crippen molar-refractivity contribution in [1.29, 1.82) is 0 Å². The van der Waals surface area contributed by atoms with E-state index in [9.17, 15) is 0 Å². The summed E-state index contributed by atoms with van der Waals surface area (Å²) < 4.78 is 5.65. The molecule has 2 rings (SSSR count). The molecule has 3 heteroatoms. The van der Waals surface area contributed by atoms with Crippen LogP contribution in [0.25, 0.3) is 11.1 Å². The van der Waals surface area contributed by atoms with Gasteiger partial charge in [-0.25, -0.2) is 4.98 Å². The molecule has 16 heavy (non-hydrogen) atoms. The number of fused-ring (bicyclic) bond motifs is 1. The van der Waals surface area contributed by atoms with E-state index >= 15 is 0 Å². The lowest BCUT2D eigenvalue weighted by atomic mass is 10.3. The molecular formula is C13H17NOS. The van der Waals surface area contributed by atoms with Gasteiger partial charge in [-0.3, -0.25) is 0 Å². The van der Waals surface area contributed by atoms with Gasteiger partial charge in [-0.05, 0) is 29.6 Å². The number of hydrogen-bond acceptors (Lipinski definition) is 3. The zero-order valence-electron chi connectivity index (χ0n) is 9.77. The van der Waals surface area contributed by atoms with Crippen LogP contribution in [0.4, 0.5) is 0 Å². The number of aromatic nitrogens is 1. The Hall–Kier alpha value is -0.960. The summed E-state index contributed by atoms with van der Waals surface area (Å²) in [5.41, 5.74) is 1.86. The zero-order valence-corrected chi connectivity index (χ0v) is 10.6. The van der Waals surface area contributed by atoms with Crippen LogP contribution in [0.5, 0.6) is 0 Å². The summed E-state index contributed by atoms with van der Waals surface area (Å²) in [6, 6.07) is 7.93. The van der Waals surface area contributed by atoms with Gasteiger partial charge in [-0.15, -0.1) is 0 Å². The lowest BCUT2D eigenvalue weighted by molar-refractivity contribution is 0.526. The molecule has 0 amide bonds. The van der Waals surface area contributed by atoms with Crippen molar-refractivity contribution in [3.63, 3.8) is 0 Å². The van der Waals surface area contributed by atoms with Crippen molar-refractivity contribution in [1.82, 2.24) is 4.98 Å². The first-order chi connectivity index (χ1) is 7.75. The minimum Gasteiger partial charge on any atom is -0.441 e. The van der Waals surface area contributed by atoms with E-state index in [1.807, 2.05) is 36.0 Å². The van der Waals surface area contributed by atoms with Crippen LogP contribution < -0.4 is 0 Å². The van der Waals surface area contributed by atoms with Gasteiger partial charge in [-0.1, -0.05) is 26.0 Å². The van der Waals surface area contributed by atoms with Gasteiger partial charge < -0.3 is 4.42 Å². The number of para-hydroxylation sites is 2. The lowest BCUT2D eigenvalue weighted by Crippen LogP contribution is -1.92. The Balaban J connectivity index is 1.89. The molecule has 0 bridgehead atoms. The van der Waals surface area contributed by atoms with E-state index in [0.29, 0.717) is 5.25 Å². The van der Waals surface area contributed by atoms with Gasteiger partial charge in [0.25, 0.3) is 0 Å². The second kappa shape index (κ2) is 5.39. The molecule has 0 aliphatic heterocycles. The summed E-state index contributed by atoms with van der Waals surface area (Å²) in [4.78, 5) is 4.45. The van der Waals surface area contributed by atoms with E-state index in [1.165, 1.54) is 5.75 Å². The number of hydrogen-bond donors (Lipinski definition) is 0. The van der Waals surface area contributed by atoms with Crippen LogP contribution in [-0.2, 0) is 6.42 Å². The topological polar surface area (TPSA) is 26.0 Å². The fourth-order valence-electron chi connectivity index (χ4n) is 1.57. The molecule has 0 spiro atoms. The number of aryl methyl sites for hydroxylation is 1. The number of rotatable bonds is 5. The smallest absolute Gasteiger partial charge is 0.195 e. The molecule has 86 valence electrons. The van der Waals surface area contributed by atoms with Crippen LogP contribution >= 0.6 is 11.8 Å². The molecule has 0 saturated carbocycles. The summed E-state index contributed by atoms with van der Waals surface area (Å²) in [6.45, 7) is 4.45. The highest BCUT2D eigenvalue weighted by atomic mass is 32.2. The Morgan fingerprint density at radius 1 is 1.31 bits per heavy atom. The van der Waals surface area contributed by atoms with Crippen LogP contribution in [0.3, 0.4) is 0 Å². The molecule has 0 aliphatic carbocycles. The van der Waals surface area contributed by atoms with Gasteiger partial charge in [0.1, 0.15) is 5.52 Å². The Labute approximate surface area is 100 Å². The van der Waals surface area contributed by atoms with Gasteiger partial charge in [-0.2, -0.15) is 11.8 Å². The summed E-state index contributed by atoms with van der Waals surface area (Å²) >= 11 is 1.99. The van der Waals surface area contributed by atoms with E-state index in [4.69, 9.17) is 4.42 Å². The number of nitrogens with zero attached hydrogens (tertiary/aromatic N) is 1. The molecule has 1 aromatic heterocycles. The minimum atomic E-state index is 0.712. The van der Waals surface area contributed by atoms with Crippen molar-refractivity contribution in [2.24, 2.45) is 0 Å². The van der Waals surface area contributed by atoms with Gasteiger partial charge in [0, 0.05) is 6.42 Å². The van der Waals surface area contributed by atoms with Gasteiger partial charge in [0.15, 0.2) is 11.5 Å². The molecule has 0 unspecified atom stereocenters. The highest BCUT2D eigenvalue weighted by Gasteiger charge is 2.04. The summed E-state index contributed by atoms with van der Waals surface area (Å²) in [7, 11) is 0. The standard InChI is InChI=1S/C13H17NOS/c1-10(2)16-9-5-8-13-14-11-6-3-4-7-12(11)15-13/h3-4,6-7,10H,5,8-9H2,1-2H3. The summed E-state index contributed by atoms with van der Waals surface area (Å²) in [6.07, 6.45) is 2.07. The fourth-order valence-corrected chi connectivity index (χ4v) is 2.35. The Kier molecular flexibility index (Phi) is 3.88. The van der Waals surface area contributed by atoms with E-state index in [0.717, 1.165) is 29.8 Å². The summed E-state index contributed by atoms with van der Waals surface area (Å²) in [5, 5.41) is 0.712. The van der Waals surface area contributed by atoms with Gasteiger partial charge >= 0.3 is 0 Å². The SMILES string of the molecule is CC(C)SCCCc1nc2ccccc2o1. The molecule has 2 nitrogen and oxygen atoms in total. The molecule has 1 heterocycles. The predicted octanol–water partition coefficient (Wildman–Crippen LogP) is 3.90. The molecule has 1 aromatic carbocycles. The predicted molar refractivity (Wildman–Crippen MR) is 69.9 cm³/mol. The van der Waals surface area contributed by atoms with Crippen molar-refractivity contribution in [3.8, 4) is 0 Å². The van der Waals surface area contributed by atoms with Crippen LogP contribution in [0.2, 0.25) is 0 Å². The van der Waals surface area contributed by atoms with Crippen molar-refractivity contribution >= 4 is 22.9 Å². The normalized spacial score (nSPS) is 11.4. The average molecular weight is 235 g/mol. The third-order valence-electron chi connectivity index (χ3n) is 2.32. The number of benzene rings is 1. The Bertz CT molecular complexity index is 417. The maximum atomic E-state index is 5.65. The highest BCUT2D eigenvalue weighted by molar-refractivity contribution is 7.99. The van der Waals surface area contributed by atoms with Crippen molar-refractivity contribution in [2.45, 2.75) is 31.9 Å². The first kappa shape index (κ1) is 11.5. The monoisotopic (exact) mass is 235 g/mol. The third kappa shape index (κ3) is 3.01. The Morgan fingerprint density at radius 3 is 2.88 bits per heavy atom. The maximum absolute atomic E-state index is 5.65. The molecule has 0 radical (unpaired) electrons. The van der Waals surface area contributed by atoms with E-state index in [1.54, 1.807) is 0 Å². The van der Waals surface area contributed by atoms with E-state index < -0.39 is 0 Å². The molecule has 0 saturated heterocycles. The largest absolute Gasteiger partial charge is 0.441 e. The molecule has 0 atom stereocenters. The lowest BCUT2D eigenvalue weighted by Gasteiger charge is -2.02. The fraction of sp³-hybridized carbons (Fsp3) is 0.462. The second-order valence-corrected chi connectivity index (χ2v) is 5.78. The second-order valence-electron chi connectivity index (χ2n) is 4.10. The Morgan fingerprint density at radius 2 is 2.12 bits per heavy atom. The number of thioether (sulfide) groups is 1. The van der Waals surface area contributed by atoms with Crippen molar-refractivity contribution in [2.75, 3.05) is 5.75 Å². The quantitative estimate of drug-likeness (QED) is 0.735. The number of oxazole rings is 1. The van der Waals surface area contributed by atoms with Crippen molar-refractivity contribution < 1.29 is 4.42 Å². The van der Waals surface area contributed by atoms with Crippen LogP contribution in [0.1, 0.15) is 26.2 Å². The van der Waals surface area contributed by atoms with Crippen LogP contribution in [0.15, 0.2) is 28.7 Å².